The predicted octanol–water partition coefficient (Wildman–Crippen LogP) is 8.98. The predicted molar refractivity (Wildman–Crippen MR) is 203 cm³/mol. The Bertz CT molecular complexity index is 635. The van der Waals surface area contributed by atoms with Crippen molar-refractivity contribution in [1.82, 2.24) is 10.6 Å². The lowest BCUT2D eigenvalue weighted by Crippen LogP contribution is -2.48. The molecule has 0 saturated heterocycles. The normalized spacial score (nSPS) is 12.0. The molecule has 0 aromatic heterocycles. The highest BCUT2D eigenvalue weighted by Gasteiger charge is 2.20. The van der Waals surface area contributed by atoms with Gasteiger partial charge in [0.2, 0.25) is 0 Å². The van der Waals surface area contributed by atoms with Crippen molar-refractivity contribution < 1.29 is 18.6 Å². The molecule has 0 aromatic carbocycles. The third-order valence-corrected chi connectivity index (χ3v) is 11.2. The Hall–Kier alpha value is -0.440. The van der Waals surface area contributed by atoms with Gasteiger partial charge in [0.1, 0.15) is 0 Å². The van der Waals surface area contributed by atoms with Gasteiger partial charge in [0.05, 0.1) is 41.3 Å². The number of rotatable bonds is 34. The number of unbranched alkanes of at least 4 members (excludes halogenated alkanes) is 18. The molecule has 8 heteroatoms. The highest BCUT2D eigenvalue weighted by Crippen LogP contribution is 2.21. The topological polar surface area (TPSA) is 58.2 Å². The van der Waals surface area contributed by atoms with Gasteiger partial charge in [-0.1, -0.05) is 138 Å². The smallest absolute Gasteiger partial charge is 0.275 e. The number of carbonyl (C=O) groups excluding carboxylic acids is 2. The Morgan fingerprint density at radius 3 is 1.18 bits per heavy atom. The zero-order valence-corrected chi connectivity index (χ0v) is 32.7. The molecule has 0 saturated carbocycles. The summed E-state index contributed by atoms with van der Waals surface area (Å²) in [5, 5.41) is 6.22. The first-order chi connectivity index (χ1) is 21.6. The van der Waals surface area contributed by atoms with E-state index < -0.39 is 0 Å². The third-order valence-electron chi connectivity index (χ3n) is 8.69. The SMILES string of the molecule is CCCCCCCCCCCC[N+](C)(C)CC(=O)NCCCSSCCNC(=O)C[N+](C)(C)CCCCCCCCCCCC. The molecule has 45 heavy (non-hydrogen) atoms. The van der Waals surface area contributed by atoms with Gasteiger partial charge in [0, 0.05) is 24.6 Å². The van der Waals surface area contributed by atoms with Crippen molar-refractivity contribution in [3.8, 4) is 0 Å². The average Bonchev–Trinajstić information content (AvgIpc) is 2.97. The number of likely N-dealkylation sites (N-methyl/N-ethyl adjacent to an activating group) is 2. The van der Waals surface area contributed by atoms with Crippen LogP contribution in [0.2, 0.25) is 0 Å². The quantitative estimate of drug-likeness (QED) is 0.0407. The van der Waals surface area contributed by atoms with Crippen LogP contribution in [-0.4, -0.2) is 99.7 Å². The summed E-state index contributed by atoms with van der Waals surface area (Å²) in [5.74, 6) is 2.26. The van der Waals surface area contributed by atoms with Gasteiger partial charge in [-0.3, -0.25) is 9.59 Å². The van der Waals surface area contributed by atoms with Gasteiger partial charge in [-0.25, -0.2) is 0 Å². The van der Waals surface area contributed by atoms with E-state index in [0.717, 1.165) is 53.1 Å². The summed E-state index contributed by atoms with van der Waals surface area (Å²) in [5.41, 5.74) is 0. The molecule has 0 unspecified atom stereocenters. The summed E-state index contributed by atoms with van der Waals surface area (Å²) in [4.78, 5) is 24.9. The monoisotopic (exact) mass is 675 g/mol. The van der Waals surface area contributed by atoms with Gasteiger partial charge in [-0.15, -0.1) is 0 Å². The number of carbonyl (C=O) groups is 2. The zero-order valence-electron chi connectivity index (χ0n) is 31.0. The molecule has 268 valence electrons. The number of hydrogen-bond donors (Lipinski definition) is 2. The molecule has 0 aliphatic rings. The lowest BCUT2D eigenvalue weighted by molar-refractivity contribution is -0.882. The van der Waals surface area contributed by atoms with Crippen LogP contribution < -0.4 is 10.6 Å². The maximum Gasteiger partial charge on any atom is 0.275 e. The fraction of sp³-hybridized carbons (Fsp3) is 0.946. The molecular formula is C37H78N4O2S2+2. The molecule has 2 N–H and O–H groups in total. The third kappa shape index (κ3) is 33.3. The number of hydrogen-bond acceptors (Lipinski definition) is 4. The van der Waals surface area contributed by atoms with Crippen molar-refractivity contribution in [1.29, 1.82) is 0 Å². The van der Waals surface area contributed by atoms with E-state index in [1.807, 2.05) is 21.6 Å². The van der Waals surface area contributed by atoms with Crippen LogP contribution in [0.4, 0.5) is 0 Å². The number of amides is 2. The molecule has 0 bridgehead atoms. The number of nitrogens with zero attached hydrogens (tertiary/aromatic N) is 2. The molecule has 2 amide bonds. The summed E-state index contributed by atoms with van der Waals surface area (Å²) < 4.78 is 1.54. The van der Waals surface area contributed by atoms with Gasteiger partial charge in [-0.2, -0.15) is 0 Å². The first-order valence-corrected chi connectivity index (χ1v) is 21.5. The summed E-state index contributed by atoms with van der Waals surface area (Å²) in [7, 11) is 12.4. The molecule has 0 atom stereocenters. The highest BCUT2D eigenvalue weighted by atomic mass is 33.1. The van der Waals surface area contributed by atoms with E-state index in [-0.39, 0.29) is 11.8 Å². The van der Waals surface area contributed by atoms with Gasteiger partial charge in [0.15, 0.2) is 13.1 Å². The summed E-state index contributed by atoms with van der Waals surface area (Å²) in [6.07, 6.45) is 28.0. The lowest BCUT2D eigenvalue weighted by atomic mass is 10.1. The maximum absolute atomic E-state index is 12.4. The molecule has 0 aliphatic carbocycles. The molecule has 0 fully saturated rings. The van der Waals surface area contributed by atoms with Crippen molar-refractivity contribution in [3.05, 3.63) is 0 Å². The second kappa shape index (κ2) is 30.9. The lowest BCUT2D eigenvalue weighted by Gasteiger charge is -2.29. The van der Waals surface area contributed by atoms with E-state index in [1.54, 1.807) is 0 Å². The molecule has 0 radical (unpaired) electrons. The van der Waals surface area contributed by atoms with E-state index in [1.165, 1.54) is 128 Å². The van der Waals surface area contributed by atoms with Crippen LogP contribution in [0.15, 0.2) is 0 Å². The Labute approximate surface area is 289 Å². The summed E-state index contributed by atoms with van der Waals surface area (Å²) >= 11 is 0. The average molecular weight is 675 g/mol. The van der Waals surface area contributed by atoms with Crippen LogP contribution in [0.3, 0.4) is 0 Å². The second-order valence-corrected chi connectivity index (χ2v) is 17.4. The molecule has 0 spiro atoms. The Kier molecular flexibility index (Phi) is 30.6. The minimum Gasteiger partial charge on any atom is -0.351 e. The molecule has 6 nitrogen and oxygen atoms in total. The van der Waals surface area contributed by atoms with Gasteiger partial charge in [0.25, 0.3) is 11.8 Å². The van der Waals surface area contributed by atoms with Crippen LogP contribution >= 0.6 is 21.6 Å². The first-order valence-electron chi connectivity index (χ1n) is 19.0. The first kappa shape index (κ1) is 44.6. The fourth-order valence-corrected chi connectivity index (χ4v) is 7.80. The van der Waals surface area contributed by atoms with E-state index in [4.69, 9.17) is 0 Å². The maximum atomic E-state index is 12.4. The Balaban J connectivity index is 3.64. The Morgan fingerprint density at radius 2 is 0.778 bits per heavy atom. The molecular weight excluding hydrogens is 597 g/mol. The summed E-state index contributed by atoms with van der Waals surface area (Å²) in [6, 6.07) is 0. The molecule has 0 heterocycles. The minimum atomic E-state index is 0.162. The van der Waals surface area contributed by atoms with Crippen LogP contribution in [0.25, 0.3) is 0 Å². The highest BCUT2D eigenvalue weighted by molar-refractivity contribution is 8.76. The fourth-order valence-electron chi connectivity index (χ4n) is 5.81. The zero-order chi connectivity index (χ0) is 33.5. The van der Waals surface area contributed by atoms with Crippen molar-refractivity contribution in [3.63, 3.8) is 0 Å². The van der Waals surface area contributed by atoms with Crippen molar-refractivity contribution in [2.75, 3.05) is 79.0 Å². The van der Waals surface area contributed by atoms with Crippen molar-refractivity contribution in [2.45, 2.75) is 149 Å². The van der Waals surface area contributed by atoms with Crippen LogP contribution in [0.5, 0.6) is 0 Å². The molecule has 0 aromatic rings. The van der Waals surface area contributed by atoms with Gasteiger partial charge >= 0.3 is 0 Å². The summed E-state index contributed by atoms with van der Waals surface area (Å²) in [6.45, 7) is 9.28. The van der Waals surface area contributed by atoms with Crippen LogP contribution in [0.1, 0.15) is 149 Å². The van der Waals surface area contributed by atoms with Gasteiger partial charge < -0.3 is 19.6 Å². The van der Waals surface area contributed by atoms with Crippen LogP contribution in [-0.2, 0) is 9.59 Å². The van der Waals surface area contributed by atoms with E-state index in [0.29, 0.717) is 13.1 Å². The van der Waals surface area contributed by atoms with E-state index in [9.17, 15) is 9.59 Å². The van der Waals surface area contributed by atoms with Crippen molar-refractivity contribution in [2.24, 2.45) is 0 Å². The van der Waals surface area contributed by atoms with Gasteiger partial charge in [-0.05, 0) is 32.1 Å². The minimum absolute atomic E-state index is 0.162. The number of nitrogens with one attached hydrogen (secondary N) is 2. The van der Waals surface area contributed by atoms with E-state index >= 15 is 0 Å². The van der Waals surface area contributed by atoms with E-state index in [2.05, 4.69) is 52.7 Å². The van der Waals surface area contributed by atoms with Crippen LogP contribution in [0, 0.1) is 0 Å². The largest absolute Gasteiger partial charge is 0.351 e. The second-order valence-electron chi connectivity index (χ2n) is 14.7. The standard InChI is InChI=1S/C37H76N4O2S2/c1-7-9-11-13-15-17-19-21-23-25-30-40(3,4)34-36(42)38-28-27-32-44-45-33-29-39-37(43)35-41(5,6)31-26-24-22-20-18-16-14-12-10-8-2/h7-35H2,1-6H3/p+2. The number of quaternary nitrogens is 2. The Morgan fingerprint density at radius 1 is 0.444 bits per heavy atom. The molecule has 0 aliphatic heterocycles. The molecule has 0 rings (SSSR count). The van der Waals surface area contributed by atoms with Crippen molar-refractivity contribution >= 4 is 33.4 Å².